The molecular formula is C26H27Cl2F3N6O3. The van der Waals surface area contributed by atoms with Crippen molar-refractivity contribution in [1.82, 2.24) is 25.1 Å². The summed E-state index contributed by atoms with van der Waals surface area (Å²) in [7, 11) is 0. The van der Waals surface area contributed by atoms with Crippen molar-refractivity contribution in [2.24, 2.45) is 5.41 Å². The van der Waals surface area contributed by atoms with Crippen molar-refractivity contribution < 1.29 is 27.8 Å². The van der Waals surface area contributed by atoms with Gasteiger partial charge in [-0.2, -0.15) is 23.3 Å². The van der Waals surface area contributed by atoms with Gasteiger partial charge in [-0.05, 0) is 61.8 Å². The maximum Gasteiger partial charge on any atom is 0.429 e. The molecule has 0 unspecified atom stereocenters. The maximum atomic E-state index is 14.4. The number of nitrogens with two attached hydrogens (primary N) is 1. The van der Waals surface area contributed by atoms with Crippen LogP contribution in [0.15, 0.2) is 42.6 Å². The molecule has 0 saturated carbocycles. The quantitative estimate of drug-likeness (QED) is 0.348. The lowest BCUT2D eigenvalue weighted by Crippen LogP contribution is -2.30. The molecule has 1 fully saturated rings. The first kappa shape index (κ1) is 29.6. The van der Waals surface area contributed by atoms with E-state index in [0.29, 0.717) is 43.6 Å². The fourth-order valence-corrected chi connectivity index (χ4v) is 5.36. The molecule has 1 aliphatic carbocycles. The molecule has 40 heavy (non-hydrogen) atoms. The van der Waals surface area contributed by atoms with Gasteiger partial charge in [-0.15, -0.1) is 12.4 Å². The van der Waals surface area contributed by atoms with E-state index in [4.69, 9.17) is 22.1 Å². The number of nitrogens with zero attached hydrogens (tertiary/aromatic N) is 4. The van der Waals surface area contributed by atoms with Crippen molar-refractivity contribution in [3.63, 3.8) is 0 Å². The van der Waals surface area contributed by atoms with E-state index in [1.165, 1.54) is 28.9 Å². The normalized spacial score (nSPS) is 21.5. The van der Waals surface area contributed by atoms with Crippen LogP contribution >= 0.6 is 24.0 Å². The van der Waals surface area contributed by atoms with Gasteiger partial charge in [-0.3, -0.25) is 4.79 Å². The average molecular weight is 599 g/mol. The van der Waals surface area contributed by atoms with Crippen LogP contribution in [0.5, 0.6) is 5.88 Å². The van der Waals surface area contributed by atoms with Crippen LogP contribution in [0.25, 0.3) is 11.3 Å². The molecule has 1 aromatic carbocycles. The number of nitrogen functional groups attached to an aromatic ring is 1. The van der Waals surface area contributed by atoms with E-state index in [9.17, 15) is 23.1 Å². The topological polar surface area (TPSA) is 128 Å². The molecule has 1 aliphatic heterocycles. The van der Waals surface area contributed by atoms with Crippen LogP contribution in [0.4, 0.5) is 19.1 Å². The molecule has 9 nitrogen and oxygen atoms in total. The first-order valence-electron chi connectivity index (χ1n) is 12.3. The Bertz CT molecular complexity index is 1450. The summed E-state index contributed by atoms with van der Waals surface area (Å²) in [6.45, 7) is 2.31. The molecule has 2 aromatic heterocycles. The Morgan fingerprint density at radius 1 is 1.30 bits per heavy atom. The van der Waals surface area contributed by atoms with Gasteiger partial charge < -0.3 is 20.9 Å². The molecule has 3 aromatic rings. The number of hydrogen-bond acceptors (Lipinski definition) is 7. The third kappa shape index (κ3) is 6.18. The van der Waals surface area contributed by atoms with Crippen molar-refractivity contribution in [2.45, 2.75) is 50.9 Å². The van der Waals surface area contributed by atoms with Gasteiger partial charge in [-0.25, -0.2) is 9.67 Å². The second-order valence-electron chi connectivity index (χ2n) is 10.0. The predicted molar refractivity (Wildman–Crippen MR) is 145 cm³/mol. The number of aromatic nitrogens is 4. The van der Waals surface area contributed by atoms with Crippen LogP contribution in [0, 0.1) is 12.3 Å². The van der Waals surface area contributed by atoms with E-state index in [-0.39, 0.29) is 45.9 Å². The van der Waals surface area contributed by atoms with E-state index in [0.717, 1.165) is 5.57 Å². The summed E-state index contributed by atoms with van der Waals surface area (Å²) in [5, 5.41) is 16.8. The molecule has 2 aliphatic rings. The number of halogens is 5. The van der Waals surface area contributed by atoms with E-state index < -0.39 is 24.3 Å². The van der Waals surface area contributed by atoms with Crippen molar-refractivity contribution in [1.29, 1.82) is 0 Å². The highest BCUT2D eigenvalue weighted by Crippen LogP contribution is 2.45. The third-order valence-electron chi connectivity index (χ3n) is 7.19. The summed E-state index contributed by atoms with van der Waals surface area (Å²) < 4.78 is 49.9. The highest BCUT2D eigenvalue weighted by atomic mass is 35.5. The number of alkyl halides is 3. The largest absolute Gasteiger partial charge is 0.480 e. The number of rotatable bonds is 6. The molecule has 3 heterocycles. The van der Waals surface area contributed by atoms with Crippen LogP contribution < -0.4 is 15.8 Å². The smallest absolute Gasteiger partial charge is 0.429 e. The van der Waals surface area contributed by atoms with Crippen molar-refractivity contribution in [3.8, 4) is 11.6 Å². The Morgan fingerprint density at radius 2 is 2.08 bits per heavy atom. The average Bonchev–Trinajstić information content (AvgIpc) is 3.49. The molecule has 0 amide bonds. The number of carboxylic acids is 1. The number of hydrogen-bond donors (Lipinski definition) is 3. The van der Waals surface area contributed by atoms with Gasteiger partial charge in [-0.1, -0.05) is 23.7 Å². The fourth-order valence-electron chi connectivity index (χ4n) is 5.20. The molecule has 0 bridgehead atoms. The summed E-state index contributed by atoms with van der Waals surface area (Å²) in [5.74, 6) is -1.43. The fraction of sp³-hybridized carbons (Fsp3) is 0.385. The number of ether oxygens (including phenoxy) is 1. The number of allylic oxidation sites excluding steroid dienone is 2. The number of anilines is 1. The second-order valence-corrected chi connectivity index (χ2v) is 10.4. The minimum absolute atomic E-state index is 0. The van der Waals surface area contributed by atoms with Gasteiger partial charge in [0.2, 0.25) is 17.9 Å². The molecule has 3 atom stereocenters. The van der Waals surface area contributed by atoms with Crippen LogP contribution in [0.3, 0.4) is 0 Å². The molecule has 1 spiro atoms. The van der Waals surface area contributed by atoms with Gasteiger partial charge in [0.1, 0.15) is 6.04 Å². The molecule has 5 rings (SSSR count). The highest BCUT2D eigenvalue weighted by Gasteiger charge is 2.45. The SMILES string of the molecule is Cc1ccn(-c2cc(Cl)ccc2[C@@H](Oc2cc(C3=CC[C@@]4(CC3)CN[C@H](C(=O)O)C4)nc(N)n2)C(F)(F)F)n1.Cl. The molecule has 214 valence electrons. The molecular weight excluding hydrogens is 572 g/mol. The zero-order valence-electron chi connectivity index (χ0n) is 21.3. The van der Waals surface area contributed by atoms with Crippen molar-refractivity contribution >= 4 is 41.5 Å². The van der Waals surface area contributed by atoms with Crippen LogP contribution in [0.1, 0.15) is 48.7 Å². The van der Waals surface area contributed by atoms with Gasteiger partial charge >= 0.3 is 12.1 Å². The zero-order valence-corrected chi connectivity index (χ0v) is 22.9. The van der Waals surface area contributed by atoms with E-state index in [2.05, 4.69) is 20.4 Å². The summed E-state index contributed by atoms with van der Waals surface area (Å²) in [6.07, 6.45) is -1.32. The predicted octanol–water partition coefficient (Wildman–Crippen LogP) is 5.31. The van der Waals surface area contributed by atoms with E-state index in [1.807, 2.05) is 6.08 Å². The third-order valence-corrected chi connectivity index (χ3v) is 7.43. The standard InChI is InChI=1S/C26H26ClF3N6O3.ClH/c1-14-6-9-36(35-14)20-10-16(27)2-3-17(20)22(26(28,29)30)39-21-11-18(33-24(31)34-21)15-4-7-25(8-5-15)12-19(23(37)38)32-13-25;/h2-4,6,9-11,19,22,32H,5,7-8,12-13H2,1H3,(H,37,38)(H2,31,33,34);1H/t19-,22+,25-;/m0./s1. The monoisotopic (exact) mass is 598 g/mol. The zero-order chi connectivity index (χ0) is 27.9. The Hall–Kier alpha value is -3.35. The van der Waals surface area contributed by atoms with Crippen LogP contribution in [-0.4, -0.2) is 49.6 Å². The first-order valence-corrected chi connectivity index (χ1v) is 12.7. The number of aryl methyl sites for hydroxylation is 1. The van der Waals surface area contributed by atoms with E-state index in [1.54, 1.807) is 19.2 Å². The van der Waals surface area contributed by atoms with Gasteiger partial charge in [0.15, 0.2) is 0 Å². The summed E-state index contributed by atoms with van der Waals surface area (Å²) >= 11 is 6.11. The van der Waals surface area contributed by atoms with Gasteiger partial charge in [0, 0.05) is 29.4 Å². The highest BCUT2D eigenvalue weighted by molar-refractivity contribution is 6.30. The second kappa shape index (κ2) is 11.3. The Balaban J connectivity index is 0.00000370. The lowest BCUT2D eigenvalue weighted by atomic mass is 9.73. The number of nitrogens with one attached hydrogen (secondary N) is 1. The van der Waals surface area contributed by atoms with Crippen molar-refractivity contribution in [2.75, 3.05) is 12.3 Å². The lowest BCUT2D eigenvalue weighted by molar-refractivity contribution is -0.198. The Kier molecular flexibility index (Phi) is 8.34. The summed E-state index contributed by atoms with van der Waals surface area (Å²) in [5.41, 5.74) is 7.40. The number of carboxylic acid groups (broad SMARTS) is 1. The van der Waals surface area contributed by atoms with Crippen molar-refractivity contribution in [3.05, 3.63) is 64.6 Å². The van der Waals surface area contributed by atoms with Gasteiger partial charge in [0.25, 0.3) is 0 Å². The van der Waals surface area contributed by atoms with Gasteiger partial charge in [0.05, 0.1) is 17.1 Å². The molecule has 0 radical (unpaired) electrons. The minimum atomic E-state index is -4.81. The molecule has 4 N–H and O–H groups in total. The number of aliphatic carboxylic acids is 1. The van der Waals surface area contributed by atoms with Crippen LogP contribution in [-0.2, 0) is 4.79 Å². The minimum Gasteiger partial charge on any atom is -0.480 e. The number of carbonyl (C=O) groups is 1. The maximum absolute atomic E-state index is 14.4. The Morgan fingerprint density at radius 3 is 2.67 bits per heavy atom. The summed E-state index contributed by atoms with van der Waals surface area (Å²) in [6, 6.07) is 6.42. The molecule has 14 heteroatoms. The first-order chi connectivity index (χ1) is 18.4. The molecule has 1 saturated heterocycles. The lowest BCUT2D eigenvalue weighted by Gasteiger charge is -2.31. The number of benzene rings is 1. The van der Waals surface area contributed by atoms with Crippen LogP contribution in [0.2, 0.25) is 5.02 Å². The Labute approximate surface area is 239 Å². The van der Waals surface area contributed by atoms with E-state index >= 15 is 0 Å². The summed E-state index contributed by atoms with van der Waals surface area (Å²) in [4.78, 5) is 19.5.